The highest BCUT2D eigenvalue weighted by molar-refractivity contribution is 7.09. The summed E-state index contributed by atoms with van der Waals surface area (Å²) in [5.41, 5.74) is 4.64. The van der Waals surface area contributed by atoms with Gasteiger partial charge in [0.15, 0.2) is 0 Å². The van der Waals surface area contributed by atoms with Gasteiger partial charge in [0.2, 0.25) is 0 Å². The Morgan fingerprint density at radius 2 is 2.17 bits per heavy atom. The van der Waals surface area contributed by atoms with E-state index in [0.717, 1.165) is 26.1 Å². The van der Waals surface area contributed by atoms with Crippen LogP contribution in [0.4, 0.5) is 0 Å². The van der Waals surface area contributed by atoms with Crippen LogP contribution in [0.2, 0.25) is 0 Å². The first-order valence-corrected chi connectivity index (χ1v) is 9.33. The Hall–Kier alpha value is -1.23. The van der Waals surface area contributed by atoms with Crippen molar-refractivity contribution >= 4 is 11.3 Å². The van der Waals surface area contributed by atoms with Crippen molar-refractivity contribution in [1.82, 2.24) is 9.88 Å². The molecule has 0 unspecified atom stereocenters. The molecule has 0 saturated carbocycles. The van der Waals surface area contributed by atoms with Crippen LogP contribution in [0.3, 0.4) is 0 Å². The molecule has 1 spiro atoms. The first-order valence-electron chi connectivity index (χ1n) is 8.45. The Morgan fingerprint density at radius 3 is 2.87 bits per heavy atom. The average molecular weight is 328 g/mol. The summed E-state index contributed by atoms with van der Waals surface area (Å²) in [5.74, 6) is 0. The van der Waals surface area contributed by atoms with E-state index in [2.05, 4.69) is 40.4 Å². The van der Waals surface area contributed by atoms with Crippen LogP contribution in [0.5, 0.6) is 0 Å². The Labute approximate surface area is 142 Å². The van der Waals surface area contributed by atoms with Gasteiger partial charge in [-0.25, -0.2) is 4.98 Å². The maximum atomic E-state index is 5.81. The Bertz CT molecular complexity index is 675. The average Bonchev–Trinajstić information content (AvgIpc) is 3.16. The number of rotatable bonds is 3. The number of hydrogen-bond acceptors (Lipinski definition) is 4. The van der Waals surface area contributed by atoms with Gasteiger partial charge in [0.25, 0.3) is 0 Å². The lowest BCUT2D eigenvalue weighted by molar-refractivity contribution is 0.0687. The molecule has 1 aliphatic carbocycles. The number of benzene rings is 1. The largest absolute Gasteiger partial charge is 0.377 e. The van der Waals surface area contributed by atoms with E-state index >= 15 is 0 Å². The normalized spacial score (nSPS) is 23.3. The summed E-state index contributed by atoms with van der Waals surface area (Å²) in [6, 6.07) is 6.96. The fourth-order valence-corrected chi connectivity index (χ4v) is 5.01. The van der Waals surface area contributed by atoms with E-state index < -0.39 is 0 Å². The summed E-state index contributed by atoms with van der Waals surface area (Å²) in [7, 11) is 1.85. The first kappa shape index (κ1) is 15.3. The Morgan fingerprint density at radius 1 is 1.35 bits per heavy atom. The summed E-state index contributed by atoms with van der Waals surface area (Å²) < 4.78 is 5.81. The van der Waals surface area contributed by atoms with Gasteiger partial charge in [-0.15, -0.1) is 11.3 Å². The second-order valence-corrected chi connectivity index (χ2v) is 7.98. The number of nitrogens with zero attached hydrogens (tertiary/aromatic N) is 2. The summed E-state index contributed by atoms with van der Waals surface area (Å²) in [4.78, 5) is 6.98. The maximum absolute atomic E-state index is 5.81. The van der Waals surface area contributed by atoms with Crippen LogP contribution in [0.25, 0.3) is 0 Å². The van der Waals surface area contributed by atoms with Gasteiger partial charge in [-0.3, -0.25) is 4.90 Å². The van der Waals surface area contributed by atoms with Crippen molar-refractivity contribution in [2.45, 2.75) is 44.2 Å². The Balaban J connectivity index is 1.53. The lowest BCUT2D eigenvalue weighted by atomic mass is 9.73. The molecule has 2 aliphatic rings. The van der Waals surface area contributed by atoms with Crippen LogP contribution in [0.15, 0.2) is 29.8 Å². The molecular weight excluding hydrogens is 304 g/mol. The molecule has 0 radical (unpaired) electrons. The second-order valence-electron chi connectivity index (χ2n) is 7.00. The van der Waals surface area contributed by atoms with Crippen LogP contribution < -0.4 is 0 Å². The van der Waals surface area contributed by atoms with Gasteiger partial charge < -0.3 is 4.74 Å². The predicted molar refractivity (Wildman–Crippen MR) is 93.8 cm³/mol. The topological polar surface area (TPSA) is 25.4 Å². The van der Waals surface area contributed by atoms with Gasteiger partial charge in [0.05, 0.1) is 12.6 Å². The van der Waals surface area contributed by atoms with Crippen LogP contribution in [-0.2, 0) is 16.7 Å². The molecule has 4 rings (SSSR count). The van der Waals surface area contributed by atoms with Crippen molar-refractivity contribution in [3.05, 3.63) is 51.5 Å². The molecule has 0 amide bonds. The standard InChI is InChI=1S/C19H24N2OS/c1-14-3-4-16-15(11-14)17(22-2)12-19(16)5-8-21(9-6-19)13-18-20-7-10-23-18/h3-4,7,10-11,17H,5-6,8-9,12-13H2,1-2H3/t17-/m0/s1. The van der Waals surface area contributed by atoms with Crippen molar-refractivity contribution in [3.8, 4) is 0 Å². The van der Waals surface area contributed by atoms with Gasteiger partial charge in [-0.2, -0.15) is 0 Å². The highest BCUT2D eigenvalue weighted by Crippen LogP contribution is 2.52. The number of piperidine rings is 1. The number of likely N-dealkylation sites (tertiary alicyclic amines) is 1. The summed E-state index contributed by atoms with van der Waals surface area (Å²) in [6.07, 6.45) is 5.79. The minimum Gasteiger partial charge on any atom is -0.377 e. The molecule has 3 nitrogen and oxygen atoms in total. The highest BCUT2D eigenvalue weighted by Gasteiger charge is 2.45. The van der Waals surface area contributed by atoms with E-state index in [-0.39, 0.29) is 6.10 Å². The molecule has 4 heteroatoms. The monoisotopic (exact) mass is 328 g/mol. The van der Waals surface area contributed by atoms with Crippen LogP contribution >= 0.6 is 11.3 Å². The van der Waals surface area contributed by atoms with Crippen molar-refractivity contribution in [2.75, 3.05) is 20.2 Å². The van der Waals surface area contributed by atoms with Gasteiger partial charge in [0.1, 0.15) is 5.01 Å². The minimum absolute atomic E-state index is 0.274. The molecule has 122 valence electrons. The van der Waals surface area contributed by atoms with Crippen LogP contribution in [0.1, 0.15) is 47.1 Å². The molecule has 2 heterocycles. The molecule has 1 aromatic carbocycles. The fraction of sp³-hybridized carbons (Fsp3) is 0.526. The molecular formula is C19H24N2OS. The van der Waals surface area contributed by atoms with Crippen LogP contribution in [0, 0.1) is 6.92 Å². The van der Waals surface area contributed by atoms with E-state index in [0.29, 0.717) is 5.41 Å². The number of hydrogen-bond donors (Lipinski definition) is 0. The molecule has 23 heavy (non-hydrogen) atoms. The van der Waals surface area contributed by atoms with E-state index in [1.165, 1.54) is 29.0 Å². The quantitative estimate of drug-likeness (QED) is 0.849. The zero-order chi connectivity index (χ0) is 15.9. The summed E-state index contributed by atoms with van der Waals surface area (Å²) in [5, 5.41) is 3.30. The highest BCUT2D eigenvalue weighted by atomic mass is 32.1. The van der Waals surface area contributed by atoms with Gasteiger partial charge in [0, 0.05) is 24.1 Å². The predicted octanol–water partition coefficient (Wildman–Crippen LogP) is 4.08. The molecule has 2 aromatic rings. The van der Waals surface area contributed by atoms with Gasteiger partial charge in [-0.05, 0) is 50.4 Å². The lowest BCUT2D eigenvalue weighted by Crippen LogP contribution is -2.41. The minimum atomic E-state index is 0.274. The molecule has 0 N–H and O–H groups in total. The molecule has 1 atom stereocenters. The summed E-state index contributed by atoms with van der Waals surface area (Å²) in [6.45, 7) is 5.49. The second kappa shape index (κ2) is 6.00. The van der Waals surface area contributed by atoms with Crippen molar-refractivity contribution in [3.63, 3.8) is 0 Å². The van der Waals surface area contributed by atoms with Crippen molar-refractivity contribution in [2.24, 2.45) is 0 Å². The lowest BCUT2D eigenvalue weighted by Gasteiger charge is -2.40. The van der Waals surface area contributed by atoms with Crippen LogP contribution in [-0.4, -0.2) is 30.1 Å². The number of methoxy groups -OCH3 is 1. The fourth-order valence-electron chi connectivity index (χ4n) is 4.35. The van der Waals surface area contributed by atoms with Crippen molar-refractivity contribution < 1.29 is 4.74 Å². The third-order valence-electron chi connectivity index (χ3n) is 5.64. The third kappa shape index (κ3) is 2.73. The van der Waals surface area contributed by atoms with E-state index in [1.54, 1.807) is 16.9 Å². The first-order chi connectivity index (χ1) is 11.2. The van der Waals surface area contributed by atoms with Crippen molar-refractivity contribution in [1.29, 1.82) is 0 Å². The SMILES string of the molecule is CO[C@H]1CC2(CCN(Cc3nccs3)CC2)c2ccc(C)cc21. The van der Waals surface area contributed by atoms with Gasteiger partial charge in [-0.1, -0.05) is 23.8 Å². The maximum Gasteiger partial charge on any atom is 0.107 e. The number of aryl methyl sites for hydroxylation is 1. The van der Waals surface area contributed by atoms with E-state index in [4.69, 9.17) is 4.74 Å². The number of thiazole rings is 1. The summed E-state index contributed by atoms with van der Waals surface area (Å²) >= 11 is 1.76. The smallest absolute Gasteiger partial charge is 0.107 e. The molecule has 1 aromatic heterocycles. The van der Waals surface area contributed by atoms with E-state index in [1.807, 2.05) is 13.3 Å². The number of ether oxygens (including phenoxy) is 1. The molecule has 1 aliphatic heterocycles. The van der Waals surface area contributed by atoms with Gasteiger partial charge >= 0.3 is 0 Å². The number of fused-ring (bicyclic) bond motifs is 2. The zero-order valence-electron chi connectivity index (χ0n) is 13.9. The third-order valence-corrected chi connectivity index (χ3v) is 6.41. The molecule has 1 fully saturated rings. The zero-order valence-corrected chi connectivity index (χ0v) is 14.7. The molecule has 1 saturated heterocycles. The Kier molecular flexibility index (Phi) is 4.00. The van der Waals surface area contributed by atoms with E-state index in [9.17, 15) is 0 Å². The molecule has 0 bridgehead atoms. The number of aromatic nitrogens is 1.